The second-order valence-electron chi connectivity index (χ2n) is 2.54. The fourth-order valence-corrected chi connectivity index (χ4v) is 1.17. The predicted octanol–water partition coefficient (Wildman–Crippen LogP) is 2.38. The Balaban J connectivity index is 2.68. The minimum atomic E-state index is -0.348. The van der Waals surface area contributed by atoms with Crippen molar-refractivity contribution in [1.29, 1.82) is 0 Å². The van der Waals surface area contributed by atoms with Gasteiger partial charge in [0, 0.05) is 0 Å². The zero-order valence-corrected chi connectivity index (χ0v) is 6.57. The molecule has 0 aliphatic carbocycles. The molecule has 0 aliphatic heterocycles. The first-order valence-electron chi connectivity index (χ1n) is 3.67. The topological polar surface area (TPSA) is 45.7 Å². The lowest BCUT2D eigenvalue weighted by molar-refractivity contribution is 0.321. The summed E-state index contributed by atoms with van der Waals surface area (Å²) in [5, 5.41) is 11.4. The van der Waals surface area contributed by atoms with E-state index in [0.29, 0.717) is 16.7 Å². The van der Waals surface area contributed by atoms with E-state index in [2.05, 4.69) is 5.16 Å². The maximum absolute atomic E-state index is 13.1. The van der Waals surface area contributed by atoms with Gasteiger partial charge in [-0.25, -0.2) is 4.39 Å². The van der Waals surface area contributed by atoms with Crippen LogP contribution in [-0.4, -0.2) is 11.4 Å². The Hall–Kier alpha value is -1.84. The molecule has 0 atom stereocenters. The fourth-order valence-electron chi connectivity index (χ4n) is 1.17. The van der Waals surface area contributed by atoms with E-state index in [9.17, 15) is 4.39 Å². The summed E-state index contributed by atoms with van der Waals surface area (Å²) < 4.78 is 18.2. The molecule has 0 amide bonds. The number of nitrogens with zero attached hydrogens (tertiary/aromatic N) is 1. The van der Waals surface area contributed by atoms with Crippen molar-refractivity contribution in [2.24, 2.45) is 5.16 Å². The van der Waals surface area contributed by atoms with Crippen LogP contribution in [0.25, 0.3) is 11.0 Å². The van der Waals surface area contributed by atoms with Crippen molar-refractivity contribution in [3.8, 4) is 0 Å². The van der Waals surface area contributed by atoms with Crippen LogP contribution in [0, 0.1) is 5.82 Å². The van der Waals surface area contributed by atoms with Crippen LogP contribution < -0.4 is 0 Å². The van der Waals surface area contributed by atoms with E-state index in [0.717, 1.165) is 6.21 Å². The summed E-state index contributed by atoms with van der Waals surface area (Å²) in [6.45, 7) is 0. The van der Waals surface area contributed by atoms with Crippen molar-refractivity contribution in [2.75, 3.05) is 0 Å². The molecule has 0 bridgehead atoms. The maximum Gasteiger partial charge on any atom is 0.149 e. The Kier molecular flexibility index (Phi) is 1.73. The van der Waals surface area contributed by atoms with Crippen LogP contribution in [0.3, 0.4) is 0 Å². The third kappa shape index (κ3) is 1.26. The number of hydrogen-bond donors (Lipinski definition) is 1. The average molecular weight is 179 g/mol. The van der Waals surface area contributed by atoms with Gasteiger partial charge >= 0.3 is 0 Å². The molecule has 1 aromatic carbocycles. The van der Waals surface area contributed by atoms with Gasteiger partial charge in [-0.05, 0) is 18.2 Å². The fraction of sp³-hybridized carbons (Fsp3) is 0. The molecular formula is C9H6FNO2. The number of rotatable bonds is 1. The first-order chi connectivity index (χ1) is 6.31. The Morgan fingerprint density at radius 2 is 2.31 bits per heavy atom. The summed E-state index contributed by atoms with van der Waals surface area (Å²) in [4.78, 5) is 0. The van der Waals surface area contributed by atoms with E-state index in [1.54, 1.807) is 12.1 Å². The lowest BCUT2D eigenvalue weighted by atomic mass is 10.2. The van der Waals surface area contributed by atoms with Crippen molar-refractivity contribution in [1.82, 2.24) is 0 Å². The zero-order chi connectivity index (χ0) is 9.26. The molecule has 0 radical (unpaired) electrons. The van der Waals surface area contributed by atoms with Gasteiger partial charge in [-0.1, -0.05) is 11.2 Å². The number of hydrogen-bond acceptors (Lipinski definition) is 3. The SMILES string of the molecule is ON=Cc1cc2c(F)cccc2o1. The van der Waals surface area contributed by atoms with Crippen molar-refractivity contribution in [3.63, 3.8) is 0 Å². The lowest BCUT2D eigenvalue weighted by Crippen LogP contribution is -1.72. The van der Waals surface area contributed by atoms with Gasteiger partial charge in [-0.2, -0.15) is 0 Å². The largest absolute Gasteiger partial charge is 0.455 e. The molecule has 1 N–H and O–H groups in total. The summed E-state index contributed by atoms with van der Waals surface area (Å²) in [6.07, 6.45) is 1.11. The van der Waals surface area contributed by atoms with Crippen LogP contribution in [0.1, 0.15) is 5.76 Å². The predicted molar refractivity (Wildman–Crippen MR) is 45.6 cm³/mol. The Bertz CT molecular complexity index is 462. The van der Waals surface area contributed by atoms with Crippen LogP contribution in [0.2, 0.25) is 0 Å². The molecule has 66 valence electrons. The van der Waals surface area contributed by atoms with E-state index in [4.69, 9.17) is 9.62 Å². The monoisotopic (exact) mass is 179 g/mol. The molecular weight excluding hydrogens is 173 g/mol. The molecule has 0 saturated carbocycles. The molecule has 1 heterocycles. The second-order valence-corrected chi connectivity index (χ2v) is 2.54. The minimum absolute atomic E-state index is 0.322. The molecule has 13 heavy (non-hydrogen) atoms. The number of fused-ring (bicyclic) bond motifs is 1. The molecule has 0 saturated heterocycles. The summed E-state index contributed by atoms with van der Waals surface area (Å²) in [6, 6.07) is 6.02. The van der Waals surface area contributed by atoms with Gasteiger partial charge < -0.3 is 9.62 Å². The van der Waals surface area contributed by atoms with Crippen LogP contribution in [0.15, 0.2) is 33.8 Å². The van der Waals surface area contributed by atoms with Crippen molar-refractivity contribution in [2.45, 2.75) is 0 Å². The van der Waals surface area contributed by atoms with E-state index in [-0.39, 0.29) is 5.82 Å². The number of furan rings is 1. The Morgan fingerprint density at radius 1 is 1.46 bits per heavy atom. The zero-order valence-electron chi connectivity index (χ0n) is 6.57. The van der Waals surface area contributed by atoms with Crippen molar-refractivity contribution >= 4 is 17.2 Å². The number of halogens is 1. The second kappa shape index (κ2) is 2.90. The van der Waals surface area contributed by atoms with Gasteiger partial charge in [0.15, 0.2) is 0 Å². The Morgan fingerprint density at radius 3 is 3.00 bits per heavy atom. The normalized spacial score (nSPS) is 11.5. The van der Waals surface area contributed by atoms with Gasteiger partial charge in [-0.15, -0.1) is 0 Å². The third-order valence-electron chi connectivity index (χ3n) is 1.71. The van der Waals surface area contributed by atoms with Crippen LogP contribution in [-0.2, 0) is 0 Å². The third-order valence-corrected chi connectivity index (χ3v) is 1.71. The van der Waals surface area contributed by atoms with Crippen LogP contribution in [0.4, 0.5) is 4.39 Å². The first kappa shape index (κ1) is 7.79. The van der Waals surface area contributed by atoms with Crippen LogP contribution in [0.5, 0.6) is 0 Å². The molecule has 2 aromatic rings. The highest BCUT2D eigenvalue weighted by Gasteiger charge is 2.05. The number of benzene rings is 1. The van der Waals surface area contributed by atoms with E-state index < -0.39 is 0 Å². The Labute approximate surface area is 73.1 Å². The van der Waals surface area contributed by atoms with Crippen molar-refractivity contribution in [3.05, 3.63) is 35.8 Å². The molecule has 3 nitrogen and oxygen atoms in total. The highest BCUT2D eigenvalue weighted by Crippen LogP contribution is 2.20. The van der Waals surface area contributed by atoms with Crippen molar-refractivity contribution < 1.29 is 14.0 Å². The van der Waals surface area contributed by atoms with Gasteiger partial charge in [0.1, 0.15) is 23.4 Å². The molecule has 0 spiro atoms. The highest BCUT2D eigenvalue weighted by atomic mass is 19.1. The molecule has 4 heteroatoms. The summed E-state index contributed by atoms with van der Waals surface area (Å²) in [5.74, 6) is -0.0264. The number of oxime groups is 1. The van der Waals surface area contributed by atoms with Gasteiger partial charge in [0.2, 0.25) is 0 Å². The van der Waals surface area contributed by atoms with Gasteiger partial charge in [-0.3, -0.25) is 0 Å². The highest BCUT2D eigenvalue weighted by molar-refractivity contribution is 5.86. The molecule has 0 aliphatic rings. The quantitative estimate of drug-likeness (QED) is 0.415. The van der Waals surface area contributed by atoms with Gasteiger partial charge in [0.25, 0.3) is 0 Å². The maximum atomic E-state index is 13.1. The molecule has 2 rings (SSSR count). The summed E-state index contributed by atoms with van der Waals surface area (Å²) in [5.41, 5.74) is 0.440. The summed E-state index contributed by atoms with van der Waals surface area (Å²) in [7, 11) is 0. The van der Waals surface area contributed by atoms with Crippen LogP contribution >= 0.6 is 0 Å². The lowest BCUT2D eigenvalue weighted by Gasteiger charge is -1.87. The first-order valence-corrected chi connectivity index (χ1v) is 3.67. The molecule has 1 aromatic heterocycles. The minimum Gasteiger partial charge on any atom is -0.455 e. The molecule has 0 fully saturated rings. The van der Waals surface area contributed by atoms with Gasteiger partial charge in [0.05, 0.1) is 5.39 Å². The summed E-state index contributed by atoms with van der Waals surface area (Å²) >= 11 is 0. The molecule has 0 unspecified atom stereocenters. The van der Waals surface area contributed by atoms with E-state index in [1.807, 2.05) is 0 Å². The average Bonchev–Trinajstić information content (AvgIpc) is 2.49. The van der Waals surface area contributed by atoms with E-state index >= 15 is 0 Å². The smallest absolute Gasteiger partial charge is 0.149 e. The van der Waals surface area contributed by atoms with E-state index in [1.165, 1.54) is 12.1 Å². The standard InChI is InChI=1S/C9H6FNO2/c10-8-2-1-3-9-7(8)4-6(13-9)5-11-12/h1-5,12H.